The van der Waals surface area contributed by atoms with Crippen LogP contribution in [-0.4, -0.2) is 79.7 Å². The normalized spacial score (nSPS) is 25.5. The standard InChI is InChI=1S/C19H26O13/c1-9(20)27-8-15(29-11(3)22)17-16(30-12(4)23)14(28-10(2)21)7-19(32-17,18(25)26-6)31-13(5)24/h14-17H,7-8H2,1-6H3/t14-,15+,16+,17+,19+/m0/s1. The van der Waals surface area contributed by atoms with Crippen LogP contribution in [0.2, 0.25) is 0 Å². The minimum atomic E-state index is -2.45. The number of methoxy groups -OCH3 is 1. The molecule has 0 unspecified atom stereocenters. The van der Waals surface area contributed by atoms with E-state index in [1.807, 2.05) is 0 Å². The van der Waals surface area contributed by atoms with Crippen LogP contribution in [0.25, 0.3) is 0 Å². The second-order valence-electron chi connectivity index (χ2n) is 6.80. The Kier molecular flexibility index (Phi) is 9.56. The number of rotatable bonds is 8. The van der Waals surface area contributed by atoms with Crippen LogP contribution in [0.4, 0.5) is 0 Å². The van der Waals surface area contributed by atoms with Crippen molar-refractivity contribution in [2.75, 3.05) is 13.7 Å². The zero-order valence-corrected chi connectivity index (χ0v) is 18.5. The maximum Gasteiger partial charge on any atom is 0.379 e. The van der Waals surface area contributed by atoms with Crippen LogP contribution < -0.4 is 0 Å². The van der Waals surface area contributed by atoms with Gasteiger partial charge >= 0.3 is 41.6 Å². The smallest absolute Gasteiger partial charge is 0.379 e. The van der Waals surface area contributed by atoms with Crippen molar-refractivity contribution in [3.63, 3.8) is 0 Å². The fourth-order valence-corrected chi connectivity index (χ4v) is 3.11. The molecule has 1 aliphatic rings. The molecule has 0 bridgehead atoms. The molecule has 1 fully saturated rings. The zero-order valence-electron chi connectivity index (χ0n) is 18.5. The molecule has 13 heteroatoms. The van der Waals surface area contributed by atoms with Gasteiger partial charge in [0.05, 0.1) is 13.5 Å². The van der Waals surface area contributed by atoms with Crippen molar-refractivity contribution in [2.24, 2.45) is 0 Å². The van der Waals surface area contributed by atoms with E-state index in [0.717, 1.165) is 41.7 Å². The topological polar surface area (TPSA) is 167 Å². The molecule has 0 saturated carbocycles. The van der Waals surface area contributed by atoms with Crippen molar-refractivity contribution in [1.82, 2.24) is 0 Å². The monoisotopic (exact) mass is 462 g/mol. The lowest BCUT2D eigenvalue weighted by atomic mass is 9.91. The number of hydrogen-bond donors (Lipinski definition) is 0. The molecule has 1 aliphatic heterocycles. The molecule has 5 atom stereocenters. The average molecular weight is 462 g/mol. The van der Waals surface area contributed by atoms with Gasteiger partial charge in [-0.3, -0.25) is 24.0 Å². The van der Waals surface area contributed by atoms with Gasteiger partial charge in [0.2, 0.25) is 0 Å². The van der Waals surface area contributed by atoms with E-state index in [2.05, 4.69) is 4.74 Å². The van der Waals surface area contributed by atoms with Gasteiger partial charge < -0.3 is 33.2 Å². The predicted octanol–water partition coefficient (Wildman–Crippen LogP) is -0.434. The first-order valence-corrected chi connectivity index (χ1v) is 9.42. The molecule has 0 radical (unpaired) electrons. The van der Waals surface area contributed by atoms with Gasteiger partial charge in [0.1, 0.15) is 18.8 Å². The third kappa shape index (κ3) is 7.48. The average Bonchev–Trinajstić information content (AvgIpc) is 2.64. The first-order valence-electron chi connectivity index (χ1n) is 9.42. The molecular formula is C19H26O13. The number of hydrogen-bond acceptors (Lipinski definition) is 13. The first-order chi connectivity index (χ1) is 14.8. The van der Waals surface area contributed by atoms with Gasteiger partial charge in [-0.2, -0.15) is 0 Å². The minimum Gasteiger partial charge on any atom is -0.464 e. The van der Waals surface area contributed by atoms with E-state index in [9.17, 15) is 28.8 Å². The van der Waals surface area contributed by atoms with E-state index in [1.54, 1.807) is 0 Å². The van der Waals surface area contributed by atoms with Crippen molar-refractivity contribution < 1.29 is 61.9 Å². The van der Waals surface area contributed by atoms with Gasteiger partial charge in [-0.15, -0.1) is 0 Å². The van der Waals surface area contributed by atoms with Crippen LogP contribution in [0.15, 0.2) is 0 Å². The highest BCUT2D eigenvalue weighted by Gasteiger charge is 2.60. The summed E-state index contributed by atoms with van der Waals surface area (Å²) in [6, 6.07) is 0. The van der Waals surface area contributed by atoms with Crippen LogP contribution >= 0.6 is 0 Å². The highest BCUT2D eigenvalue weighted by Crippen LogP contribution is 2.37. The van der Waals surface area contributed by atoms with E-state index in [-0.39, 0.29) is 0 Å². The summed E-state index contributed by atoms with van der Waals surface area (Å²) in [7, 11) is 0.993. The Labute approximate surface area is 183 Å². The summed E-state index contributed by atoms with van der Waals surface area (Å²) in [4.78, 5) is 70.7. The summed E-state index contributed by atoms with van der Waals surface area (Å²) in [6.07, 6.45) is -6.49. The van der Waals surface area contributed by atoms with Crippen LogP contribution in [0, 0.1) is 0 Å². The molecule has 0 aromatic heterocycles. The van der Waals surface area contributed by atoms with Crippen molar-refractivity contribution >= 4 is 35.8 Å². The van der Waals surface area contributed by atoms with E-state index in [1.165, 1.54) is 0 Å². The number of carbonyl (C=O) groups is 6. The van der Waals surface area contributed by atoms with E-state index < -0.39 is 79.0 Å². The van der Waals surface area contributed by atoms with E-state index >= 15 is 0 Å². The molecular weight excluding hydrogens is 436 g/mol. The highest BCUT2D eigenvalue weighted by molar-refractivity contribution is 5.82. The molecule has 32 heavy (non-hydrogen) atoms. The molecule has 1 heterocycles. The molecule has 0 aromatic carbocycles. The van der Waals surface area contributed by atoms with Crippen molar-refractivity contribution in [3.8, 4) is 0 Å². The minimum absolute atomic E-state index is 0.582. The predicted molar refractivity (Wildman–Crippen MR) is 99.3 cm³/mol. The molecule has 180 valence electrons. The molecule has 0 aliphatic carbocycles. The summed E-state index contributed by atoms with van der Waals surface area (Å²) in [5.41, 5.74) is 0. The summed E-state index contributed by atoms with van der Waals surface area (Å²) in [5.74, 6) is -7.80. The Bertz CT molecular complexity index is 760. The Balaban J connectivity index is 3.60. The zero-order chi connectivity index (χ0) is 24.6. The van der Waals surface area contributed by atoms with Crippen molar-refractivity contribution in [1.29, 1.82) is 0 Å². The van der Waals surface area contributed by atoms with E-state index in [4.69, 9.17) is 28.4 Å². The second kappa shape index (κ2) is 11.4. The van der Waals surface area contributed by atoms with Gasteiger partial charge in [0, 0.05) is 34.6 Å². The summed E-state index contributed by atoms with van der Waals surface area (Å²) in [5, 5.41) is 0. The lowest BCUT2D eigenvalue weighted by molar-refractivity contribution is -0.317. The quantitative estimate of drug-likeness (QED) is 0.337. The highest BCUT2D eigenvalue weighted by atomic mass is 16.8. The summed E-state index contributed by atoms with van der Waals surface area (Å²) >= 11 is 0. The van der Waals surface area contributed by atoms with Gasteiger partial charge in [-0.1, -0.05) is 0 Å². The van der Waals surface area contributed by atoms with Crippen LogP contribution in [0.1, 0.15) is 41.0 Å². The third-order valence-electron chi connectivity index (χ3n) is 4.05. The number of ether oxygens (including phenoxy) is 7. The Morgan fingerprint density at radius 2 is 1.47 bits per heavy atom. The van der Waals surface area contributed by atoms with Gasteiger partial charge in [0.25, 0.3) is 0 Å². The molecule has 1 rings (SSSR count). The Morgan fingerprint density at radius 3 is 1.91 bits per heavy atom. The Hall–Kier alpha value is -3.22. The maximum atomic E-state index is 12.6. The lowest BCUT2D eigenvalue weighted by Crippen LogP contribution is -2.65. The maximum absolute atomic E-state index is 12.6. The van der Waals surface area contributed by atoms with Gasteiger partial charge in [-0.05, 0) is 0 Å². The Morgan fingerprint density at radius 1 is 0.875 bits per heavy atom. The lowest BCUT2D eigenvalue weighted by Gasteiger charge is -2.46. The van der Waals surface area contributed by atoms with Gasteiger partial charge in [-0.25, -0.2) is 4.79 Å². The van der Waals surface area contributed by atoms with Crippen molar-refractivity contribution in [2.45, 2.75) is 71.2 Å². The summed E-state index contributed by atoms with van der Waals surface area (Å²) < 4.78 is 36.0. The SMILES string of the molecule is COC(=O)[C@@]1(OC(C)=O)C[C@H](OC(C)=O)[C@@H](OC(C)=O)[C@@H]([C@@H](COC(C)=O)OC(C)=O)O1. The molecule has 0 aromatic rings. The second-order valence-corrected chi connectivity index (χ2v) is 6.80. The van der Waals surface area contributed by atoms with Crippen LogP contribution in [0.5, 0.6) is 0 Å². The molecule has 0 spiro atoms. The third-order valence-corrected chi connectivity index (χ3v) is 4.05. The van der Waals surface area contributed by atoms with Crippen molar-refractivity contribution in [3.05, 3.63) is 0 Å². The van der Waals surface area contributed by atoms with Crippen LogP contribution in [-0.2, 0) is 61.9 Å². The molecule has 13 nitrogen and oxygen atoms in total. The van der Waals surface area contributed by atoms with E-state index in [0.29, 0.717) is 0 Å². The molecule has 0 amide bonds. The number of esters is 6. The molecule has 1 saturated heterocycles. The largest absolute Gasteiger partial charge is 0.464 e. The van der Waals surface area contributed by atoms with Crippen LogP contribution in [0.3, 0.4) is 0 Å². The molecule has 0 N–H and O–H groups in total. The first kappa shape index (κ1) is 26.8. The number of carbonyl (C=O) groups excluding carboxylic acids is 6. The fraction of sp³-hybridized carbons (Fsp3) is 0.684. The fourth-order valence-electron chi connectivity index (χ4n) is 3.11. The summed E-state index contributed by atoms with van der Waals surface area (Å²) in [6.45, 7) is 4.67. The van der Waals surface area contributed by atoms with Gasteiger partial charge in [0.15, 0.2) is 12.2 Å².